The molecule has 0 radical (unpaired) electrons. The van der Waals surface area contributed by atoms with Crippen LogP contribution in [0.25, 0.3) is 0 Å². The van der Waals surface area contributed by atoms with E-state index < -0.39 is 0 Å². The molecule has 0 aliphatic heterocycles. The van der Waals surface area contributed by atoms with Crippen LogP contribution in [0.4, 0.5) is 5.69 Å². The maximum atomic E-state index is 11.9. The second-order valence-corrected chi connectivity index (χ2v) is 4.76. The monoisotopic (exact) mass is 219 g/mol. The van der Waals surface area contributed by atoms with E-state index in [0.29, 0.717) is 5.78 Å². The molecule has 16 heavy (non-hydrogen) atoms. The molecule has 0 aliphatic carbocycles. The quantitative estimate of drug-likeness (QED) is 0.775. The molecule has 0 saturated carbocycles. The molecule has 0 spiro atoms. The predicted octanol–water partition coefficient (Wildman–Crippen LogP) is 3.08. The number of carbonyl (C=O) groups excluding carboxylic acids is 1. The summed E-state index contributed by atoms with van der Waals surface area (Å²) in [5.41, 5.74) is 2.26. The van der Waals surface area contributed by atoms with Crippen molar-refractivity contribution in [3.05, 3.63) is 29.8 Å². The van der Waals surface area contributed by atoms with Crippen molar-refractivity contribution < 1.29 is 4.79 Å². The van der Waals surface area contributed by atoms with Crippen LogP contribution in [0.15, 0.2) is 24.3 Å². The molecule has 1 unspecified atom stereocenters. The molecule has 0 saturated heterocycles. The number of carbonyl (C=O) groups is 1. The Morgan fingerprint density at radius 2 is 1.56 bits per heavy atom. The molecule has 0 amide bonds. The van der Waals surface area contributed by atoms with Crippen LogP contribution in [0, 0.1) is 5.92 Å². The van der Waals surface area contributed by atoms with Crippen molar-refractivity contribution in [1.29, 1.82) is 0 Å². The number of benzene rings is 1. The standard InChI is InChI=1S/C14H21NO/c1-10(2)14(16)11(3)12-6-8-13(9-7-12)15(4)5/h6-11H,1-5H3. The SMILES string of the molecule is CC(C)C(=O)C(C)c1ccc(N(C)C)cc1. The molecule has 2 heteroatoms. The van der Waals surface area contributed by atoms with Gasteiger partial charge < -0.3 is 4.90 Å². The van der Waals surface area contributed by atoms with Gasteiger partial charge in [0.1, 0.15) is 5.78 Å². The smallest absolute Gasteiger partial charge is 0.142 e. The highest BCUT2D eigenvalue weighted by Crippen LogP contribution is 2.22. The van der Waals surface area contributed by atoms with Gasteiger partial charge in [0.25, 0.3) is 0 Å². The third kappa shape index (κ3) is 2.84. The lowest BCUT2D eigenvalue weighted by Gasteiger charge is -2.16. The molecule has 0 aliphatic rings. The summed E-state index contributed by atoms with van der Waals surface area (Å²) in [7, 11) is 4.02. The molecule has 0 fully saturated rings. The highest BCUT2D eigenvalue weighted by atomic mass is 16.1. The zero-order valence-electron chi connectivity index (χ0n) is 10.8. The second-order valence-electron chi connectivity index (χ2n) is 4.76. The Kier molecular flexibility index (Phi) is 4.11. The van der Waals surface area contributed by atoms with Crippen molar-refractivity contribution in [2.24, 2.45) is 5.92 Å². The van der Waals surface area contributed by atoms with Crippen LogP contribution >= 0.6 is 0 Å². The molecule has 0 bridgehead atoms. The normalized spacial score (nSPS) is 12.6. The van der Waals surface area contributed by atoms with Crippen LogP contribution in [0.5, 0.6) is 0 Å². The number of Topliss-reactive ketones (excluding diaryl/α,β-unsaturated/α-hetero) is 1. The maximum absolute atomic E-state index is 11.9. The molecular formula is C14H21NO. The third-order valence-corrected chi connectivity index (χ3v) is 2.91. The van der Waals surface area contributed by atoms with Crippen molar-refractivity contribution >= 4 is 11.5 Å². The lowest BCUT2D eigenvalue weighted by atomic mass is 9.90. The summed E-state index contributed by atoms with van der Waals surface area (Å²) < 4.78 is 0. The highest BCUT2D eigenvalue weighted by Gasteiger charge is 2.17. The Labute approximate surface area is 98.3 Å². The zero-order valence-corrected chi connectivity index (χ0v) is 10.8. The number of ketones is 1. The van der Waals surface area contributed by atoms with Crippen LogP contribution < -0.4 is 4.90 Å². The number of hydrogen-bond acceptors (Lipinski definition) is 2. The van der Waals surface area contributed by atoms with E-state index in [0.717, 1.165) is 11.3 Å². The Morgan fingerprint density at radius 1 is 1.06 bits per heavy atom. The molecule has 1 aromatic carbocycles. The third-order valence-electron chi connectivity index (χ3n) is 2.91. The molecule has 2 nitrogen and oxygen atoms in total. The van der Waals surface area contributed by atoms with Crippen LogP contribution in [-0.2, 0) is 4.79 Å². The van der Waals surface area contributed by atoms with E-state index in [1.807, 2.05) is 47.0 Å². The van der Waals surface area contributed by atoms with Gasteiger partial charge in [0, 0.05) is 31.6 Å². The summed E-state index contributed by atoms with van der Waals surface area (Å²) in [4.78, 5) is 13.9. The molecule has 0 aromatic heterocycles. The molecule has 1 rings (SSSR count). The Bertz CT molecular complexity index is 352. The van der Waals surface area contributed by atoms with Gasteiger partial charge in [0.15, 0.2) is 0 Å². The van der Waals surface area contributed by atoms with Gasteiger partial charge in [0.2, 0.25) is 0 Å². The minimum atomic E-state index is -0.00351. The van der Waals surface area contributed by atoms with Gasteiger partial charge >= 0.3 is 0 Å². The molecule has 88 valence electrons. The minimum Gasteiger partial charge on any atom is -0.378 e. The lowest BCUT2D eigenvalue weighted by molar-refractivity contribution is -0.123. The summed E-state index contributed by atoms with van der Waals surface area (Å²) in [6, 6.07) is 8.19. The fourth-order valence-corrected chi connectivity index (χ4v) is 1.73. The summed E-state index contributed by atoms with van der Waals surface area (Å²) in [6.07, 6.45) is 0. The van der Waals surface area contributed by atoms with E-state index in [9.17, 15) is 4.79 Å². The molecule has 0 N–H and O–H groups in total. The second kappa shape index (κ2) is 5.15. The first-order chi connectivity index (χ1) is 7.43. The van der Waals surface area contributed by atoms with Gasteiger partial charge in [-0.2, -0.15) is 0 Å². The van der Waals surface area contributed by atoms with Crippen LogP contribution in [0.2, 0.25) is 0 Å². The Hall–Kier alpha value is -1.31. The van der Waals surface area contributed by atoms with Crippen molar-refractivity contribution in [1.82, 2.24) is 0 Å². The average Bonchev–Trinajstić information content (AvgIpc) is 2.27. The Balaban J connectivity index is 2.85. The van der Waals surface area contributed by atoms with Gasteiger partial charge in [-0.05, 0) is 17.7 Å². The van der Waals surface area contributed by atoms with Crippen LogP contribution in [-0.4, -0.2) is 19.9 Å². The van der Waals surface area contributed by atoms with Gasteiger partial charge in [-0.25, -0.2) is 0 Å². The van der Waals surface area contributed by atoms with Crippen LogP contribution in [0.1, 0.15) is 32.3 Å². The summed E-state index contributed by atoms with van der Waals surface area (Å²) >= 11 is 0. The summed E-state index contributed by atoms with van der Waals surface area (Å²) in [6.45, 7) is 5.88. The average molecular weight is 219 g/mol. The van der Waals surface area contributed by atoms with E-state index in [4.69, 9.17) is 0 Å². The maximum Gasteiger partial charge on any atom is 0.142 e. The van der Waals surface area contributed by atoms with Crippen molar-refractivity contribution in [2.45, 2.75) is 26.7 Å². The largest absolute Gasteiger partial charge is 0.378 e. The fraction of sp³-hybridized carbons (Fsp3) is 0.500. The number of nitrogens with zero attached hydrogens (tertiary/aromatic N) is 1. The van der Waals surface area contributed by atoms with E-state index >= 15 is 0 Å². The molecular weight excluding hydrogens is 198 g/mol. The fourth-order valence-electron chi connectivity index (χ4n) is 1.73. The highest BCUT2D eigenvalue weighted by molar-refractivity contribution is 5.87. The number of rotatable bonds is 4. The van der Waals surface area contributed by atoms with Gasteiger partial charge in [0.05, 0.1) is 0 Å². The minimum absolute atomic E-state index is 0.00351. The van der Waals surface area contributed by atoms with E-state index in [-0.39, 0.29) is 11.8 Å². The zero-order chi connectivity index (χ0) is 12.3. The first-order valence-electron chi connectivity index (χ1n) is 5.74. The topological polar surface area (TPSA) is 20.3 Å². The predicted molar refractivity (Wildman–Crippen MR) is 69.0 cm³/mol. The molecule has 1 aromatic rings. The summed E-state index contributed by atoms with van der Waals surface area (Å²) in [5, 5.41) is 0. The number of anilines is 1. The summed E-state index contributed by atoms with van der Waals surface area (Å²) in [5.74, 6) is 0.400. The van der Waals surface area contributed by atoms with E-state index in [1.54, 1.807) is 0 Å². The lowest BCUT2D eigenvalue weighted by Crippen LogP contribution is -2.15. The van der Waals surface area contributed by atoms with E-state index in [2.05, 4.69) is 17.0 Å². The molecule has 1 atom stereocenters. The Morgan fingerprint density at radius 3 is 1.94 bits per heavy atom. The van der Waals surface area contributed by atoms with Crippen molar-refractivity contribution in [2.75, 3.05) is 19.0 Å². The number of hydrogen-bond donors (Lipinski definition) is 0. The van der Waals surface area contributed by atoms with Gasteiger partial charge in [-0.15, -0.1) is 0 Å². The van der Waals surface area contributed by atoms with Gasteiger partial charge in [-0.3, -0.25) is 4.79 Å². The van der Waals surface area contributed by atoms with Crippen LogP contribution in [0.3, 0.4) is 0 Å². The first-order valence-corrected chi connectivity index (χ1v) is 5.74. The first kappa shape index (κ1) is 12.8. The van der Waals surface area contributed by atoms with Gasteiger partial charge in [-0.1, -0.05) is 32.9 Å². The van der Waals surface area contributed by atoms with E-state index in [1.165, 1.54) is 0 Å². The molecule has 0 heterocycles. The van der Waals surface area contributed by atoms with Crippen molar-refractivity contribution in [3.8, 4) is 0 Å². The van der Waals surface area contributed by atoms with Crippen molar-refractivity contribution in [3.63, 3.8) is 0 Å².